The third-order valence-corrected chi connectivity index (χ3v) is 5.78. The molecule has 0 bridgehead atoms. The van der Waals surface area contributed by atoms with Crippen LogP contribution in [-0.2, 0) is 30.7 Å². The largest absolute Gasteiger partial charge is 0.125 e. The normalized spacial score (nSPS) is 13.6. The van der Waals surface area contributed by atoms with Crippen LogP contribution >= 0.6 is 0 Å². The fourth-order valence-electron chi connectivity index (χ4n) is 4.52. The Morgan fingerprint density at radius 2 is 1.53 bits per heavy atom. The molecule has 2 aliphatic carbocycles. The quantitative estimate of drug-likeness (QED) is 0.227. The monoisotopic (exact) mass is 461 g/mol. The van der Waals surface area contributed by atoms with E-state index in [0.29, 0.717) is 0 Å². The summed E-state index contributed by atoms with van der Waals surface area (Å²) in [6, 6.07) is 26.1. The van der Waals surface area contributed by atoms with Crippen molar-refractivity contribution in [2.24, 2.45) is 0 Å². The second kappa shape index (κ2) is 8.05. The third kappa shape index (κ3) is 3.50. The minimum atomic E-state index is 1.01. The SMILES string of the molecule is C[C](C)=[Zr].[c-]1c(C2=CC=CC2)ccc2ccc3c(c12)-c1c(ccc2ccccc12)C3. The molecule has 0 radical (unpaired) electrons. The van der Waals surface area contributed by atoms with Gasteiger partial charge < -0.3 is 0 Å². The Hall–Kier alpha value is -2.37. The van der Waals surface area contributed by atoms with E-state index < -0.39 is 0 Å². The first kappa shape index (κ1) is 19.6. The summed E-state index contributed by atoms with van der Waals surface area (Å²) in [6.45, 7) is 4.25. The van der Waals surface area contributed by atoms with E-state index in [-0.39, 0.29) is 0 Å². The van der Waals surface area contributed by atoms with Crippen molar-refractivity contribution in [3.63, 3.8) is 0 Å². The van der Waals surface area contributed by atoms with Crippen LogP contribution in [0, 0.1) is 6.07 Å². The zero-order valence-electron chi connectivity index (χ0n) is 17.4. The standard InChI is InChI=1S/C26H17.C3H6.Zr/c1-2-6-17(5-1)20-12-9-19-11-14-22-15-21-13-10-18-7-3-4-8-23(18)25(21)26(22)24(19)16-20;1-3-2;/h1-5,7-14H,6,15H2;1-2H3;/q-1;;. The molecule has 0 saturated heterocycles. The van der Waals surface area contributed by atoms with Crippen molar-refractivity contribution in [1.29, 1.82) is 0 Å². The molecule has 0 unspecified atom stereocenters. The Labute approximate surface area is 193 Å². The number of hydrogen-bond donors (Lipinski definition) is 0. The van der Waals surface area contributed by atoms with Crippen molar-refractivity contribution < 1.29 is 24.2 Å². The van der Waals surface area contributed by atoms with E-state index >= 15 is 0 Å². The summed E-state index contributed by atoms with van der Waals surface area (Å²) in [4.78, 5) is 0. The van der Waals surface area contributed by atoms with Gasteiger partial charge in [-0.1, -0.05) is 83.3 Å². The summed E-state index contributed by atoms with van der Waals surface area (Å²) in [6.07, 6.45) is 8.60. The van der Waals surface area contributed by atoms with E-state index in [1.54, 1.807) is 24.2 Å². The number of fused-ring (bicyclic) bond motifs is 7. The van der Waals surface area contributed by atoms with Gasteiger partial charge in [-0.3, -0.25) is 0 Å². The van der Waals surface area contributed by atoms with Crippen LogP contribution in [0.15, 0.2) is 78.9 Å². The molecule has 0 saturated carbocycles. The molecule has 0 atom stereocenters. The summed E-state index contributed by atoms with van der Waals surface area (Å²) < 4.78 is 1.51. The first-order valence-electron chi connectivity index (χ1n) is 10.5. The molecule has 0 fully saturated rings. The predicted molar refractivity (Wildman–Crippen MR) is 127 cm³/mol. The second-order valence-corrected chi connectivity index (χ2v) is 10.7. The minimum Gasteiger partial charge on any atom is -0.125 e. The van der Waals surface area contributed by atoms with Crippen LogP contribution in [0.5, 0.6) is 0 Å². The third-order valence-electron chi connectivity index (χ3n) is 5.78. The Morgan fingerprint density at radius 3 is 2.30 bits per heavy atom. The van der Waals surface area contributed by atoms with Gasteiger partial charge in [0, 0.05) is 0 Å². The van der Waals surface area contributed by atoms with Crippen LogP contribution in [0.3, 0.4) is 0 Å². The summed E-state index contributed by atoms with van der Waals surface area (Å²) in [5.41, 5.74) is 8.26. The molecule has 6 rings (SSSR count). The molecule has 0 aromatic heterocycles. The molecule has 30 heavy (non-hydrogen) atoms. The van der Waals surface area contributed by atoms with Gasteiger partial charge in [0.05, 0.1) is 0 Å². The molecule has 0 N–H and O–H groups in total. The van der Waals surface area contributed by atoms with Gasteiger partial charge in [0.25, 0.3) is 0 Å². The number of benzene rings is 4. The van der Waals surface area contributed by atoms with Crippen molar-refractivity contribution >= 4 is 30.3 Å². The summed E-state index contributed by atoms with van der Waals surface area (Å²) in [7, 11) is 0. The van der Waals surface area contributed by atoms with Crippen molar-refractivity contribution in [2.45, 2.75) is 26.7 Å². The van der Waals surface area contributed by atoms with E-state index in [1.807, 2.05) is 0 Å². The first-order chi connectivity index (χ1) is 14.6. The van der Waals surface area contributed by atoms with Crippen LogP contribution in [0.25, 0.3) is 38.2 Å². The van der Waals surface area contributed by atoms with Gasteiger partial charge in [0.1, 0.15) is 0 Å². The first-order valence-corrected chi connectivity index (χ1v) is 11.7. The molecule has 4 aromatic rings. The average molecular weight is 463 g/mol. The maximum Gasteiger partial charge on any atom is -0.00901 e. The van der Waals surface area contributed by atoms with Crippen molar-refractivity contribution in [2.75, 3.05) is 0 Å². The molecule has 4 aromatic carbocycles. The van der Waals surface area contributed by atoms with Crippen LogP contribution in [0.2, 0.25) is 0 Å². The van der Waals surface area contributed by atoms with Gasteiger partial charge >= 0.3 is 41.3 Å². The van der Waals surface area contributed by atoms with E-state index in [1.165, 1.54) is 58.1 Å². The molecule has 0 heterocycles. The van der Waals surface area contributed by atoms with Gasteiger partial charge in [0.15, 0.2) is 0 Å². The van der Waals surface area contributed by atoms with Gasteiger partial charge in [-0.05, 0) is 34.7 Å². The maximum atomic E-state index is 3.77. The molecular weight excluding hydrogens is 440 g/mol. The van der Waals surface area contributed by atoms with Crippen LogP contribution in [0.1, 0.15) is 37.0 Å². The average Bonchev–Trinajstić information content (AvgIpc) is 3.41. The van der Waals surface area contributed by atoms with Crippen molar-refractivity contribution in [1.82, 2.24) is 0 Å². The molecule has 144 valence electrons. The summed E-state index contributed by atoms with van der Waals surface area (Å²) in [5, 5.41) is 5.22. The Morgan fingerprint density at radius 1 is 0.833 bits per heavy atom. The predicted octanol–water partition coefficient (Wildman–Crippen LogP) is 7.45. The molecular formula is C29H23Zr-. The topological polar surface area (TPSA) is 0 Å². The van der Waals surface area contributed by atoms with Crippen LogP contribution in [0.4, 0.5) is 0 Å². The van der Waals surface area contributed by atoms with Crippen molar-refractivity contribution in [3.8, 4) is 11.1 Å². The van der Waals surface area contributed by atoms with Gasteiger partial charge in [-0.25, -0.2) is 0 Å². The molecule has 0 nitrogen and oxygen atoms in total. The minimum absolute atomic E-state index is 1.01. The second-order valence-electron chi connectivity index (χ2n) is 8.26. The van der Waals surface area contributed by atoms with E-state index in [0.717, 1.165) is 12.8 Å². The van der Waals surface area contributed by atoms with Gasteiger partial charge in [-0.2, -0.15) is 0 Å². The Balaban J connectivity index is 0.000000446. The van der Waals surface area contributed by atoms with Crippen LogP contribution in [-0.4, -0.2) is 3.21 Å². The van der Waals surface area contributed by atoms with Crippen molar-refractivity contribution in [3.05, 3.63) is 102 Å². The fourth-order valence-corrected chi connectivity index (χ4v) is 4.52. The summed E-state index contributed by atoms with van der Waals surface area (Å²) in [5.74, 6) is 0. The molecule has 0 amide bonds. The van der Waals surface area contributed by atoms with E-state index in [4.69, 9.17) is 0 Å². The molecule has 1 heteroatoms. The zero-order valence-corrected chi connectivity index (χ0v) is 19.9. The Kier molecular flexibility index (Phi) is 5.25. The van der Waals surface area contributed by atoms with Crippen LogP contribution < -0.4 is 0 Å². The Bertz CT molecular complexity index is 1360. The smallest absolute Gasteiger partial charge is 0.00901 e. The van der Waals surface area contributed by atoms with E-state index in [9.17, 15) is 0 Å². The summed E-state index contributed by atoms with van der Waals surface area (Å²) >= 11 is 1.55. The van der Waals surface area contributed by atoms with E-state index in [2.05, 4.69) is 98.8 Å². The fraction of sp³-hybridized carbons (Fsp3) is 0.138. The number of rotatable bonds is 1. The number of allylic oxidation sites excluding steroid dienone is 4. The number of hydrogen-bond acceptors (Lipinski definition) is 0. The molecule has 0 aliphatic heterocycles. The molecule has 0 spiro atoms. The van der Waals surface area contributed by atoms with Gasteiger partial charge in [0.2, 0.25) is 0 Å². The molecule has 2 aliphatic rings. The van der Waals surface area contributed by atoms with Gasteiger partial charge in [-0.15, -0.1) is 34.7 Å². The maximum absolute atomic E-state index is 3.77. The zero-order chi connectivity index (χ0) is 20.7.